The van der Waals surface area contributed by atoms with Gasteiger partial charge in [-0.05, 0) is 63.1 Å². The summed E-state index contributed by atoms with van der Waals surface area (Å²) in [5.41, 5.74) is 2.45. The average Bonchev–Trinajstić information content (AvgIpc) is 3.87. The van der Waals surface area contributed by atoms with Gasteiger partial charge in [0.2, 0.25) is 5.95 Å². The molecule has 15 heteroatoms. The Morgan fingerprint density at radius 1 is 0.941 bits per heavy atom. The largest absolute Gasteiger partial charge is 0.487 e. The van der Waals surface area contributed by atoms with Crippen molar-refractivity contribution >= 4 is 23.2 Å². The second-order valence-electron chi connectivity index (χ2n) is 13.6. The molecule has 2 saturated heterocycles. The molecule has 0 radical (unpaired) electrons. The highest BCUT2D eigenvalue weighted by Gasteiger charge is 2.42. The van der Waals surface area contributed by atoms with Gasteiger partial charge < -0.3 is 29.0 Å². The number of rotatable bonds is 17. The third-order valence-electron chi connectivity index (χ3n) is 9.96. The number of hydrogen-bond acceptors (Lipinski definition) is 12. The highest BCUT2D eigenvalue weighted by molar-refractivity contribution is 6.32. The van der Waals surface area contributed by atoms with Gasteiger partial charge in [-0.15, -0.1) is 5.10 Å². The maximum atomic E-state index is 6.49. The first-order chi connectivity index (χ1) is 25.0. The molecule has 0 amide bonds. The zero-order valence-corrected chi connectivity index (χ0v) is 30.2. The number of anilines is 2. The first kappa shape index (κ1) is 35.6. The molecule has 5 heterocycles. The van der Waals surface area contributed by atoms with Crippen LogP contribution in [0.1, 0.15) is 57.9 Å². The van der Waals surface area contributed by atoms with Crippen molar-refractivity contribution in [2.45, 2.75) is 88.7 Å². The molecule has 3 fully saturated rings. The van der Waals surface area contributed by atoms with Gasteiger partial charge in [0, 0.05) is 56.2 Å². The van der Waals surface area contributed by atoms with Crippen LogP contribution in [-0.4, -0.2) is 110 Å². The van der Waals surface area contributed by atoms with E-state index in [0.29, 0.717) is 79.7 Å². The summed E-state index contributed by atoms with van der Waals surface area (Å²) in [7, 11) is 1.67. The zero-order valence-electron chi connectivity index (χ0n) is 29.4. The van der Waals surface area contributed by atoms with Crippen LogP contribution in [0.25, 0.3) is 11.1 Å². The molecule has 1 aliphatic carbocycles. The molecule has 1 saturated carbocycles. The van der Waals surface area contributed by atoms with Crippen LogP contribution in [0.15, 0.2) is 49.4 Å². The highest BCUT2D eigenvalue weighted by Crippen LogP contribution is 2.39. The maximum absolute atomic E-state index is 6.49. The normalized spacial score (nSPS) is 22.6. The van der Waals surface area contributed by atoms with Crippen molar-refractivity contribution in [1.82, 2.24) is 39.4 Å². The third kappa shape index (κ3) is 8.98. The predicted octanol–water partition coefficient (Wildman–Crippen LogP) is 5.57. The molecule has 274 valence electrons. The average molecular weight is 722 g/mol. The molecule has 2 bridgehead atoms. The molecule has 3 aromatic heterocycles. The van der Waals surface area contributed by atoms with E-state index in [9.17, 15) is 0 Å². The van der Waals surface area contributed by atoms with Gasteiger partial charge in [-0.25, -0.2) is 19.6 Å². The second kappa shape index (κ2) is 17.1. The lowest BCUT2D eigenvalue weighted by molar-refractivity contribution is -0.0458. The summed E-state index contributed by atoms with van der Waals surface area (Å²) in [5, 5.41) is 13.0. The van der Waals surface area contributed by atoms with Gasteiger partial charge in [-0.2, -0.15) is 5.10 Å². The Hall–Kier alpha value is -3.82. The minimum absolute atomic E-state index is 0.169. The van der Waals surface area contributed by atoms with Crippen LogP contribution < -0.4 is 14.8 Å². The van der Waals surface area contributed by atoms with E-state index in [-0.39, 0.29) is 6.10 Å². The van der Waals surface area contributed by atoms with E-state index in [2.05, 4.69) is 34.9 Å². The molecular weight excluding hydrogens is 674 g/mol. The van der Waals surface area contributed by atoms with Gasteiger partial charge in [0.25, 0.3) is 5.88 Å². The monoisotopic (exact) mass is 721 g/mol. The van der Waals surface area contributed by atoms with Crippen LogP contribution in [0.3, 0.4) is 0 Å². The van der Waals surface area contributed by atoms with E-state index in [0.717, 1.165) is 62.1 Å². The van der Waals surface area contributed by atoms with E-state index < -0.39 is 0 Å². The van der Waals surface area contributed by atoms with Crippen LogP contribution in [0.5, 0.6) is 11.6 Å². The van der Waals surface area contributed by atoms with E-state index in [4.69, 9.17) is 40.4 Å². The number of aromatic nitrogens is 7. The SMILES string of the molecule is COCCOCCCOc1nn([C@H]2CC[C@H](N3[C@@H]4CC[C@H]3COC4)CC2)cc1Nc1ncc(-c2ccc(Cl)c(O[C@@H](C)Cn3cncn3)c2)cn1. The fourth-order valence-electron chi connectivity index (χ4n) is 7.49. The molecular formula is C36H48ClN9O5. The smallest absolute Gasteiger partial charge is 0.256 e. The van der Waals surface area contributed by atoms with Crippen LogP contribution >= 0.6 is 11.6 Å². The van der Waals surface area contributed by atoms with Crippen LogP contribution in [0.4, 0.5) is 11.6 Å². The summed E-state index contributed by atoms with van der Waals surface area (Å²) in [6.45, 7) is 6.47. The second-order valence-corrected chi connectivity index (χ2v) is 14.0. The predicted molar refractivity (Wildman–Crippen MR) is 192 cm³/mol. The molecule has 7 rings (SSSR count). The van der Waals surface area contributed by atoms with Crippen molar-refractivity contribution in [2.75, 3.05) is 52.1 Å². The summed E-state index contributed by atoms with van der Waals surface area (Å²) in [5.74, 6) is 1.56. The van der Waals surface area contributed by atoms with Crippen molar-refractivity contribution in [3.05, 3.63) is 54.5 Å². The molecule has 1 aromatic carbocycles. The fraction of sp³-hybridized carbons (Fsp3) is 0.583. The van der Waals surface area contributed by atoms with Crippen molar-refractivity contribution < 1.29 is 23.7 Å². The molecule has 0 spiro atoms. The van der Waals surface area contributed by atoms with Gasteiger partial charge in [0.05, 0.1) is 56.8 Å². The fourth-order valence-corrected chi connectivity index (χ4v) is 7.65. The Balaban J connectivity index is 1.00. The first-order valence-corrected chi connectivity index (χ1v) is 18.4. The minimum atomic E-state index is -0.169. The quantitative estimate of drug-likeness (QED) is 0.137. The number of fused-ring (bicyclic) bond motifs is 2. The van der Waals surface area contributed by atoms with Gasteiger partial charge in [-0.3, -0.25) is 9.58 Å². The van der Waals surface area contributed by atoms with E-state index in [1.807, 2.05) is 31.3 Å². The molecule has 4 aromatic rings. The molecule has 51 heavy (non-hydrogen) atoms. The summed E-state index contributed by atoms with van der Waals surface area (Å²) < 4.78 is 32.7. The summed E-state index contributed by atoms with van der Waals surface area (Å²) in [4.78, 5) is 16.1. The summed E-state index contributed by atoms with van der Waals surface area (Å²) in [6, 6.07) is 7.76. The lowest BCUT2D eigenvalue weighted by Gasteiger charge is -2.43. The number of nitrogens with zero attached hydrogens (tertiary/aromatic N) is 8. The van der Waals surface area contributed by atoms with Gasteiger partial charge in [0.15, 0.2) is 0 Å². The number of methoxy groups -OCH3 is 1. The van der Waals surface area contributed by atoms with Crippen molar-refractivity contribution in [1.29, 1.82) is 0 Å². The van der Waals surface area contributed by atoms with Gasteiger partial charge in [0.1, 0.15) is 30.2 Å². The van der Waals surface area contributed by atoms with E-state index in [1.54, 1.807) is 30.5 Å². The molecule has 3 atom stereocenters. The molecule has 0 unspecified atom stereocenters. The Labute approximate surface area is 303 Å². The summed E-state index contributed by atoms with van der Waals surface area (Å²) in [6.07, 6.45) is 16.3. The van der Waals surface area contributed by atoms with Crippen molar-refractivity contribution in [3.8, 4) is 22.8 Å². The lowest BCUT2D eigenvalue weighted by atomic mass is 9.89. The van der Waals surface area contributed by atoms with Gasteiger partial charge in [-0.1, -0.05) is 17.7 Å². The van der Waals surface area contributed by atoms with E-state index >= 15 is 0 Å². The standard InChI is InChI=1S/C36H48ClN9O5/c1-25(19-44-24-38-23-41-44)51-34-16-26(4-11-32(34)37)27-17-39-36(40-18-27)42-33-20-45(43-35(33)50-13-3-12-48-15-14-47-2)28-5-7-29(8-6-28)46-30-9-10-31(46)22-49-21-30/h4,11,16-18,20,23-25,28-31H,3,5-10,12-15,19,21-22H2,1-2H3,(H,39,40,42)/t25-,28-,29-,30-,31+/m0/s1. The number of ether oxygens (including phenoxy) is 5. The van der Waals surface area contributed by atoms with Crippen molar-refractivity contribution in [3.63, 3.8) is 0 Å². The summed E-state index contributed by atoms with van der Waals surface area (Å²) >= 11 is 6.49. The maximum Gasteiger partial charge on any atom is 0.256 e. The third-order valence-corrected chi connectivity index (χ3v) is 10.3. The van der Waals surface area contributed by atoms with E-state index in [1.165, 1.54) is 19.2 Å². The number of hydrogen-bond donors (Lipinski definition) is 1. The Kier molecular flexibility index (Phi) is 12.0. The molecule has 14 nitrogen and oxygen atoms in total. The molecule has 1 N–H and O–H groups in total. The van der Waals surface area contributed by atoms with Crippen molar-refractivity contribution in [2.24, 2.45) is 0 Å². The Morgan fingerprint density at radius 2 is 1.71 bits per heavy atom. The Morgan fingerprint density at radius 3 is 2.45 bits per heavy atom. The van der Waals surface area contributed by atoms with Gasteiger partial charge >= 0.3 is 0 Å². The number of nitrogens with one attached hydrogen (secondary N) is 1. The minimum Gasteiger partial charge on any atom is -0.487 e. The topological polar surface area (TPSA) is 136 Å². The highest BCUT2D eigenvalue weighted by atomic mass is 35.5. The van der Waals surface area contributed by atoms with Crippen LogP contribution in [0, 0.1) is 0 Å². The lowest BCUT2D eigenvalue weighted by Crippen LogP contribution is -2.52. The zero-order chi connectivity index (χ0) is 35.0. The molecule has 2 aliphatic heterocycles. The Bertz CT molecular complexity index is 1650. The number of benzene rings is 1. The van der Waals surface area contributed by atoms with Crippen LogP contribution in [0.2, 0.25) is 5.02 Å². The number of morpholine rings is 1. The first-order valence-electron chi connectivity index (χ1n) is 18.1. The van der Waals surface area contributed by atoms with Crippen LogP contribution in [-0.2, 0) is 20.8 Å². The molecule has 3 aliphatic rings. The number of halogens is 1.